The number of ether oxygens (including phenoxy) is 2. The number of furan rings is 1. The van der Waals surface area contributed by atoms with E-state index in [1.165, 1.54) is 13.0 Å². The summed E-state index contributed by atoms with van der Waals surface area (Å²) in [6, 6.07) is 21.4. The topological polar surface area (TPSA) is 90.7 Å². The molecule has 0 aliphatic rings. The summed E-state index contributed by atoms with van der Waals surface area (Å²) < 4.78 is 16.3. The van der Waals surface area contributed by atoms with Crippen LogP contribution in [0, 0.1) is 0 Å². The Bertz CT molecular complexity index is 1200. The zero-order chi connectivity index (χ0) is 21.6. The van der Waals surface area contributed by atoms with Crippen molar-refractivity contribution >= 4 is 28.5 Å². The lowest BCUT2D eigenvalue weighted by Gasteiger charge is -2.14. The molecule has 1 amide bonds. The molecule has 0 aliphatic carbocycles. The molecule has 7 heteroatoms. The van der Waals surface area contributed by atoms with Crippen molar-refractivity contribution < 1.29 is 23.5 Å². The minimum Gasteiger partial charge on any atom is -0.486 e. The molecule has 2 aromatic carbocycles. The summed E-state index contributed by atoms with van der Waals surface area (Å²) in [4.78, 5) is 29.2. The van der Waals surface area contributed by atoms with Crippen LogP contribution in [0.3, 0.4) is 0 Å². The van der Waals surface area contributed by atoms with Crippen LogP contribution in [0.1, 0.15) is 23.2 Å². The fourth-order valence-corrected chi connectivity index (χ4v) is 2.96. The zero-order valence-corrected chi connectivity index (χ0v) is 16.8. The minimum atomic E-state index is -1.02. The molecule has 0 fully saturated rings. The van der Waals surface area contributed by atoms with Crippen LogP contribution in [0.15, 0.2) is 83.4 Å². The number of carbonyl (C=O) groups is 2. The lowest BCUT2D eigenvalue weighted by molar-refractivity contribution is -0.123. The van der Waals surface area contributed by atoms with Crippen molar-refractivity contribution in [3.8, 4) is 5.75 Å². The number of hydrogen-bond acceptors (Lipinski definition) is 6. The van der Waals surface area contributed by atoms with Crippen molar-refractivity contribution in [3.05, 3.63) is 90.5 Å². The van der Waals surface area contributed by atoms with Crippen LogP contribution in [0.4, 0.5) is 5.69 Å². The van der Waals surface area contributed by atoms with Gasteiger partial charge in [-0.15, -0.1) is 0 Å². The van der Waals surface area contributed by atoms with Gasteiger partial charge in [0.05, 0.1) is 11.2 Å². The van der Waals surface area contributed by atoms with Crippen molar-refractivity contribution in [2.45, 2.75) is 19.6 Å². The number of aromatic nitrogens is 1. The first-order chi connectivity index (χ1) is 15.1. The van der Waals surface area contributed by atoms with E-state index in [4.69, 9.17) is 13.9 Å². The van der Waals surface area contributed by atoms with Crippen LogP contribution in [-0.4, -0.2) is 23.0 Å². The zero-order valence-electron chi connectivity index (χ0n) is 16.8. The number of benzene rings is 2. The van der Waals surface area contributed by atoms with Gasteiger partial charge in [0.2, 0.25) is 5.76 Å². The van der Waals surface area contributed by atoms with E-state index in [9.17, 15) is 9.59 Å². The maximum atomic E-state index is 12.5. The van der Waals surface area contributed by atoms with Gasteiger partial charge >= 0.3 is 5.97 Å². The fraction of sp³-hybridized carbons (Fsp3) is 0.125. The van der Waals surface area contributed by atoms with Crippen molar-refractivity contribution in [1.29, 1.82) is 0 Å². The molecule has 2 aromatic heterocycles. The van der Waals surface area contributed by atoms with Gasteiger partial charge in [-0.2, -0.15) is 0 Å². The van der Waals surface area contributed by atoms with E-state index in [0.29, 0.717) is 17.2 Å². The van der Waals surface area contributed by atoms with E-state index >= 15 is 0 Å². The number of hydrogen-bond donors (Lipinski definition) is 1. The van der Waals surface area contributed by atoms with Crippen molar-refractivity contribution in [2.24, 2.45) is 0 Å². The number of nitrogens with one attached hydrogen (secondary N) is 1. The molecule has 31 heavy (non-hydrogen) atoms. The Morgan fingerprint density at radius 1 is 1.00 bits per heavy atom. The third-order valence-electron chi connectivity index (χ3n) is 4.54. The first kappa shape index (κ1) is 20.2. The highest BCUT2D eigenvalue weighted by molar-refractivity contribution is 6.03. The summed E-state index contributed by atoms with van der Waals surface area (Å²) in [5, 5.41) is 3.58. The molecule has 4 rings (SSSR count). The number of para-hydroxylation sites is 1. The van der Waals surface area contributed by atoms with E-state index in [1.54, 1.807) is 30.5 Å². The Hall–Kier alpha value is -4.13. The monoisotopic (exact) mass is 416 g/mol. The van der Waals surface area contributed by atoms with Crippen LogP contribution in [0.5, 0.6) is 5.75 Å². The molecule has 0 aliphatic heterocycles. The number of esters is 1. The first-order valence-corrected chi connectivity index (χ1v) is 9.72. The molecule has 1 atom stereocenters. The second-order valence-electron chi connectivity index (χ2n) is 6.78. The molecule has 2 heterocycles. The number of pyridine rings is 1. The third-order valence-corrected chi connectivity index (χ3v) is 4.54. The number of fused-ring (bicyclic) bond motifs is 1. The Kier molecular flexibility index (Phi) is 5.93. The highest BCUT2D eigenvalue weighted by Crippen LogP contribution is 2.22. The summed E-state index contributed by atoms with van der Waals surface area (Å²) in [6.45, 7) is 1.67. The normalized spacial score (nSPS) is 11.6. The summed E-state index contributed by atoms with van der Waals surface area (Å²) in [5.74, 6) is -0.0223. The van der Waals surface area contributed by atoms with Gasteiger partial charge in [-0.25, -0.2) is 4.79 Å². The van der Waals surface area contributed by atoms with Gasteiger partial charge < -0.3 is 19.2 Å². The molecule has 156 valence electrons. The van der Waals surface area contributed by atoms with Gasteiger partial charge in [0.25, 0.3) is 5.91 Å². The molecule has 4 aromatic rings. The number of rotatable bonds is 7. The second-order valence-corrected chi connectivity index (χ2v) is 6.78. The van der Waals surface area contributed by atoms with E-state index < -0.39 is 18.0 Å². The SMILES string of the molecule is CC(OC(=O)c1ccc(COc2ccccc2)o1)C(=O)Nc1cccc2ncccc12. The third kappa shape index (κ3) is 4.90. The Labute approximate surface area is 178 Å². The highest BCUT2D eigenvalue weighted by atomic mass is 16.6. The molecule has 0 spiro atoms. The number of nitrogens with zero attached hydrogens (tertiary/aromatic N) is 1. The number of carbonyl (C=O) groups excluding carboxylic acids is 2. The number of anilines is 1. The Morgan fingerprint density at radius 3 is 2.68 bits per heavy atom. The van der Waals surface area contributed by atoms with E-state index in [0.717, 1.165) is 10.9 Å². The average Bonchev–Trinajstić information content (AvgIpc) is 3.28. The predicted molar refractivity (Wildman–Crippen MR) is 115 cm³/mol. The Morgan fingerprint density at radius 2 is 1.84 bits per heavy atom. The molecular formula is C24H20N2O5. The Balaban J connectivity index is 1.35. The van der Waals surface area contributed by atoms with Gasteiger partial charge in [-0.05, 0) is 55.5 Å². The number of amides is 1. The lowest BCUT2D eigenvalue weighted by atomic mass is 10.2. The molecule has 0 saturated heterocycles. The van der Waals surface area contributed by atoms with Crippen molar-refractivity contribution in [3.63, 3.8) is 0 Å². The van der Waals surface area contributed by atoms with Gasteiger partial charge in [-0.1, -0.05) is 24.3 Å². The summed E-state index contributed by atoms with van der Waals surface area (Å²) >= 11 is 0. The maximum Gasteiger partial charge on any atom is 0.375 e. The second kappa shape index (κ2) is 9.13. The smallest absolute Gasteiger partial charge is 0.375 e. The quantitative estimate of drug-likeness (QED) is 0.443. The standard InChI is InChI=1S/C24H20N2O5/c1-16(23(27)26-21-11-5-10-20-19(21)9-6-14-25-20)30-24(28)22-13-12-18(31-22)15-29-17-7-3-2-4-8-17/h2-14,16H,15H2,1H3,(H,26,27). The summed E-state index contributed by atoms with van der Waals surface area (Å²) in [6.07, 6.45) is 0.662. The minimum absolute atomic E-state index is 0.000623. The summed E-state index contributed by atoms with van der Waals surface area (Å²) in [5.41, 5.74) is 1.35. The van der Waals surface area contributed by atoms with Gasteiger partial charge in [0.1, 0.15) is 18.1 Å². The van der Waals surface area contributed by atoms with Gasteiger partial charge in [-0.3, -0.25) is 9.78 Å². The van der Waals surface area contributed by atoms with Crippen LogP contribution in [0.2, 0.25) is 0 Å². The first-order valence-electron chi connectivity index (χ1n) is 9.72. The van der Waals surface area contributed by atoms with E-state index in [1.807, 2.05) is 42.5 Å². The molecule has 1 N–H and O–H groups in total. The molecule has 0 bridgehead atoms. The van der Waals surface area contributed by atoms with Crippen molar-refractivity contribution in [2.75, 3.05) is 5.32 Å². The predicted octanol–water partition coefficient (Wildman–Crippen LogP) is 4.59. The van der Waals surface area contributed by atoms with Gasteiger partial charge in [0.15, 0.2) is 6.10 Å². The molecule has 0 saturated carbocycles. The molecule has 0 radical (unpaired) electrons. The van der Waals surface area contributed by atoms with Gasteiger partial charge in [0, 0.05) is 11.6 Å². The van der Waals surface area contributed by atoms with Crippen LogP contribution in [0.25, 0.3) is 10.9 Å². The molecule has 1 unspecified atom stereocenters. The van der Waals surface area contributed by atoms with Crippen LogP contribution in [-0.2, 0) is 16.1 Å². The average molecular weight is 416 g/mol. The van der Waals surface area contributed by atoms with E-state index in [2.05, 4.69) is 10.3 Å². The fourth-order valence-electron chi connectivity index (χ4n) is 2.96. The largest absolute Gasteiger partial charge is 0.486 e. The maximum absolute atomic E-state index is 12.5. The van der Waals surface area contributed by atoms with E-state index in [-0.39, 0.29) is 12.4 Å². The molecule has 7 nitrogen and oxygen atoms in total. The summed E-state index contributed by atoms with van der Waals surface area (Å²) in [7, 11) is 0. The molecular weight excluding hydrogens is 396 g/mol. The van der Waals surface area contributed by atoms with Crippen LogP contribution < -0.4 is 10.1 Å². The van der Waals surface area contributed by atoms with Crippen molar-refractivity contribution in [1.82, 2.24) is 4.98 Å². The highest BCUT2D eigenvalue weighted by Gasteiger charge is 2.22. The van der Waals surface area contributed by atoms with Crippen LogP contribution >= 0.6 is 0 Å². The lowest BCUT2D eigenvalue weighted by Crippen LogP contribution is -2.30.